The van der Waals surface area contributed by atoms with Gasteiger partial charge in [-0.05, 0) is 25.1 Å². The van der Waals surface area contributed by atoms with Gasteiger partial charge < -0.3 is 4.90 Å². The Kier molecular flexibility index (Phi) is 3.83. The zero-order valence-electron chi connectivity index (χ0n) is 10.8. The van der Waals surface area contributed by atoms with Crippen LogP contribution in [0.2, 0.25) is 10.0 Å². The molecule has 0 fully saturated rings. The molecule has 0 saturated carbocycles. The molecule has 0 saturated heterocycles. The summed E-state index contributed by atoms with van der Waals surface area (Å²) in [6, 6.07) is 5.11. The van der Waals surface area contributed by atoms with E-state index >= 15 is 0 Å². The SMILES string of the molecule is C/C(=C1\C(=O)NN=C1c1ccc(Cl)cc1Cl)N(C)C. The topological polar surface area (TPSA) is 44.7 Å². The Morgan fingerprint density at radius 3 is 2.58 bits per heavy atom. The van der Waals surface area contributed by atoms with Gasteiger partial charge in [0.05, 0.1) is 10.6 Å². The van der Waals surface area contributed by atoms with Gasteiger partial charge in [0.25, 0.3) is 5.91 Å². The number of rotatable bonds is 2. The summed E-state index contributed by atoms with van der Waals surface area (Å²) in [5.41, 5.74) is 5.03. The van der Waals surface area contributed by atoms with E-state index in [9.17, 15) is 4.79 Å². The second-order valence-electron chi connectivity index (χ2n) is 4.38. The molecule has 0 aromatic heterocycles. The number of amides is 1. The maximum atomic E-state index is 11.9. The van der Waals surface area contributed by atoms with Crippen LogP contribution >= 0.6 is 23.2 Å². The first-order valence-corrected chi connectivity index (χ1v) is 6.39. The number of halogens is 2. The van der Waals surface area contributed by atoms with Crippen molar-refractivity contribution in [2.75, 3.05) is 14.1 Å². The number of hydrazone groups is 1. The van der Waals surface area contributed by atoms with Crippen molar-refractivity contribution in [1.82, 2.24) is 10.3 Å². The molecule has 1 heterocycles. The predicted molar refractivity (Wildman–Crippen MR) is 77.5 cm³/mol. The van der Waals surface area contributed by atoms with Gasteiger partial charge in [0.2, 0.25) is 0 Å². The molecule has 1 aromatic carbocycles. The molecule has 0 bridgehead atoms. The zero-order valence-corrected chi connectivity index (χ0v) is 12.3. The number of hydrogen-bond acceptors (Lipinski definition) is 3. The van der Waals surface area contributed by atoms with E-state index in [1.165, 1.54) is 0 Å². The molecule has 1 aliphatic rings. The van der Waals surface area contributed by atoms with E-state index in [1.807, 2.05) is 25.9 Å². The molecule has 1 amide bonds. The number of hydrogen-bond donors (Lipinski definition) is 1. The normalized spacial score (nSPS) is 17.1. The fourth-order valence-electron chi connectivity index (χ4n) is 1.76. The Balaban J connectivity index is 2.56. The number of allylic oxidation sites excluding steroid dienone is 1. The minimum atomic E-state index is -0.229. The van der Waals surface area contributed by atoms with Gasteiger partial charge in [0, 0.05) is 30.4 Å². The first-order valence-electron chi connectivity index (χ1n) is 5.64. The second kappa shape index (κ2) is 5.23. The van der Waals surface area contributed by atoms with E-state index in [1.54, 1.807) is 18.2 Å². The second-order valence-corrected chi connectivity index (χ2v) is 5.22. The summed E-state index contributed by atoms with van der Waals surface area (Å²) >= 11 is 12.0. The fourth-order valence-corrected chi connectivity index (χ4v) is 2.26. The number of carbonyl (C=O) groups is 1. The van der Waals surface area contributed by atoms with E-state index in [2.05, 4.69) is 10.5 Å². The highest BCUT2D eigenvalue weighted by atomic mass is 35.5. The first-order chi connectivity index (χ1) is 8.91. The summed E-state index contributed by atoms with van der Waals surface area (Å²) in [6.45, 7) is 1.86. The molecule has 0 aliphatic carbocycles. The number of nitrogens with zero attached hydrogens (tertiary/aromatic N) is 2. The van der Waals surface area contributed by atoms with Crippen LogP contribution in [0.5, 0.6) is 0 Å². The largest absolute Gasteiger partial charge is 0.380 e. The Bertz CT molecular complexity index is 606. The first kappa shape index (κ1) is 13.9. The molecule has 0 unspecified atom stereocenters. The highest BCUT2D eigenvalue weighted by Gasteiger charge is 2.28. The summed E-state index contributed by atoms with van der Waals surface area (Å²) in [4.78, 5) is 13.8. The minimum Gasteiger partial charge on any atom is -0.380 e. The van der Waals surface area contributed by atoms with Crippen molar-refractivity contribution in [1.29, 1.82) is 0 Å². The smallest absolute Gasteiger partial charge is 0.275 e. The minimum absolute atomic E-state index is 0.229. The van der Waals surface area contributed by atoms with Crippen LogP contribution in [0.25, 0.3) is 0 Å². The molecule has 1 aromatic rings. The van der Waals surface area contributed by atoms with Crippen molar-refractivity contribution in [3.8, 4) is 0 Å². The average Bonchev–Trinajstić information content (AvgIpc) is 2.70. The molecule has 1 aliphatic heterocycles. The summed E-state index contributed by atoms with van der Waals surface area (Å²) in [6.07, 6.45) is 0. The lowest BCUT2D eigenvalue weighted by atomic mass is 10.0. The van der Waals surface area contributed by atoms with E-state index in [0.29, 0.717) is 26.9 Å². The van der Waals surface area contributed by atoms with Gasteiger partial charge in [-0.25, -0.2) is 5.43 Å². The maximum Gasteiger partial charge on any atom is 0.275 e. The number of carbonyl (C=O) groups excluding carboxylic acids is 1. The molecular formula is C13H13Cl2N3O. The van der Waals surface area contributed by atoms with Crippen molar-refractivity contribution in [3.63, 3.8) is 0 Å². The van der Waals surface area contributed by atoms with Gasteiger partial charge >= 0.3 is 0 Å². The summed E-state index contributed by atoms with van der Waals surface area (Å²) < 4.78 is 0. The molecule has 0 radical (unpaired) electrons. The third-order valence-electron chi connectivity index (χ3n) is 2.95. The van der Waals surface area contributed by atoms with Crippen molar-refractivity contribution in [2.45, 2.75) is 6.92 Å². The lowest BCUT2D eigenvalue weighted by Crippen LogP contribution is -2.21. The van der Waals surface area contributed by atoms with Crippen molar-refractivity contribution >= 4 is 34.8 Å². The lowest BCUT2D eigenvalue weighted by molar-refractivity contribution is -0.116. The van der Waals surface area contributed by atoms with E-state index in [0.717, 1.165) is 5.70 Å². The molecule has 19 heavy (non-hydrogen) atoms. The van der Waals surface area contributed by atoms with Gasteiger partial charge in [-0.15, -0.1) is 0 Å². The molecule has 4 nitrogen and oxygen atoms in total. The fraction of sp³-hybridized carbons (Fsp3) is 0.231. The third kappa shape index (κ3) is 2.60. The Hall–Kier alpha value is -1.52. The van der Waals surface area contributed by atoms with E-state index in [4.69, 9.17) is 23.2 Å². The standard InChI is InChI=1S/C13H13Cl2N3O/c1-7(18(2)3)11-12(16-17-13(11)19)9-5-4-8(14)6-10(9)15/h4-6H,1-3H3,(H,17,19)/b11-7+. The molecule has 1 N–H and O–H groups in total. The van der Waals surface area contributed by atoms with Crippen molar-refractivity contribution in [2.24, 2.45) is 5.10 Å². The quantitative estimate of drug-likeness (QED) is 0.853. The average molecular weight is 298 g/mol. The predicted octanol–water partition coefficient (Wildman–Crippen LogP) is 2.66. The Labute approximate surface area is 121 Å². The summed E-state index contributed by atoms with van der Waals surface area (Å²) in [5, 5.41) is 5.08. The van der Waals surface area contributed by atoms with Crippen molar-refractivity contribution in [3.05, 3.63) is 45.1 Å². The van der Waals surface area contributed by atoms with Gasteiger partial charge in [-0.3, -0.25) is 4.79 Å². The molecule has 100 valence electrons. The van der Waals surface area contributed by atoms with Crippen LogP contribution in [0.4, 0.5) is 0 Å². The van der Waals surface area contributed by atoms with Crippen LogP contribution in [0, 0.1) is 0 Å². The monoisotopic (exact) mass is 297 g/mol. The highest BCUT2D eigenvalue weighted by Crippen LogP contribution is 2.26. The van der Waals surface area contributed by atoms with Crippen LogP contribution in [0.15, 0.2) is 34.6 Å². The van der Waals surface area contributed by atoms with E-state index < -0.39 is 0 Å². The number of nitrogens with one attached hydrogen (secondary N) is 1. The Morgan fingerprint density at radius 1 is 1.32 bits per heavy atom. The third-order valence-corrected chi connectivity index (χ3v) is 3.50. The van der Waals surface area contributed by atoms with Gasteiger partial charge in [0.1, 0.15) is 5.71 Å². The van der Waals surface area contributed by atoms with Crippen molar-refractivity contribution < 1.29 is 4.79 Å². The van der Waals surface area contributed by atoms with Gasteiger partial charge in [-0.2, -0.15) is 5.10 Å². The molecule has 0 spiro atoms. The molecule has 2 rings (SSSR count). The van der Waals surface area contributed by atoms with Gasteiger partial charge in [0.15, 0.2) is 0 Å². The molecule has 0 atom stereocenters. The van der Waals surface area contributed by atoms with Crippen LogP contribution < -0.4 is 5.43 Å². The van der Waals surface area contributed by atoms with Gasteiger partial charge in [-0.1, -0.05) is 23.2 Å². The zero-order chi connectivity index (χ0) is 14.2. The number of benzene rings is 1. The van der Waals surface area contributed by atoms with Crippen LogP contribution in [0.1, 0.15) is 12.5 Å². The summed E-state index contributed by atoms with van der Waals surface area (Å²) in [7, 11) is 3.74. The molecular weight excluding hydrogens is 285 g/mol. The highest BCUT2D eigenvalue weighted by molar-refractivity contribution is 6.40. The lowest BCUT2D eigenvalue weighted by Gasteiger charge is -2.16. The maximum absolute atomic E-state index is 11.9. The van der Waals surface area contributed by atoms with E-state index in [-0.39, 0.29) is 5.91 Å². The van der Waals surface area contributed by atoms with Crippen LogP contribution in [-0.2, 0) is 4.79 Å². The van der Waals surface area contributed by atoms with Crippen LogP contribution in [0.3, 0.4) is 0 Å². The molecule has 6 heteroatoms. The van der Waals surface area contributed by atoms with Crippen LogP contribution in [-0.4, -0.2) is 30.6 Å². The summed E-state index contributed by atoms with van der Waals surface area (Å²) in [5.74, 6) is -0.229. The Morgan fingerprint density at radius 2 is 2.00 bits per heavy atom.